The molecule has 0 heterocycles. The smallest absolute Gasteiger partial charge is 0.313 e. The van der Waals surface area contributed by atoms with Crippen LogP contribution in [0.3, 0.4) is 0 Å². The molecule has 100 valence electrons. The lowest BCUT2D eigenvalue weighted by molar-refractivity contribution is -0.385. The first-order valence-electron chi connectivity index (χ1n) is 5.81. The second kappa shape index (κ2) is 6.18. The zero-order valence-corrected chi connectivity index (χ0v) is 10.7. The summed E-state index contributed by atoms with van der Waals surface area (Å²) in [5, 5.41) is 13.7. The van der Waals surface area contributed by atoms with E-state index in [0.29, 0.717) is 0 Å². The van der Waals surface area contributed by atoms with Crippen molar-refractivity contribution in [3.05, 3.63) is 28.1 Å². The SMILES string of the molecule is CCC(CC)Nc1cc(OC)c([N+](=O)[O-])cc1F. The third kappa shape index (κ3) is 3.09. The Balaban J connectivity index is 3.11. The highest BCUT2D eigenvalue weighted by Crippen LogP contribution is 2.32. The molecule has 5 nitrogen and oxygen atoms in total. The molecule has 0 aliphatic carbocycles. The number of nitro benzene ring substituents is 1. The summed E-state index contributed by atoms with van der Waals surface area (Å²) in [6.45, 7) is 3.98. The largest absolute Gasteiger partial charge is 0.490 e. The average molecular weight is 256 g/mol. The van der Waals surface area contributed by atoms with E-state index < -0.39 is 10.7 Å². The number of benzene rings is 1. The van der Waals surface area contributed by atoms with E-state index in [2.05, 4.69) is 5.32 Å². The molecule has 0 fully saturated rings. The number of nitrogens with zero attached hydrogens (tertiary/aromatic N) is 1. The van der Waals surface area contributed by atoms with Gasteiger partial charge in [0.15, 0.2) is 11.6 Å². The fraction of sp³-hybridized carbons (Fsp3) is 0.500. The molecule has 0 aliphatic rings. The average Bonchev–Trinajstić information content (AvgIpc) is 2.36. The molecule has 0 aromatic heterocycles. The summed E-state index contributed by atoms with van der Waals surface area (Å²) >= 11 is 0. The Bertz CT molecular complexity index is 434. The van der Waals surface area contributed by atoms with Crippen molar-refractivity contribution in [1.82, 2.24) is 0 Å². The number of ether oxygens (including phenoxy) is 1. The molecule has 0 unspecified atom stereocenters. The van der Waals surface area contributed by atoms with E-state index in [9.17, 15) is 14.5 Å². The molecular formula is C12H17FN2O3. The normalized spacial score (nSPS) is 10.5. The Morgan fingerprint density at radius 2 is 2.06 bits per heavy atom. The van der Waals surface area contributed by atoms with Crippen LogP contribution in [-0.4, -0.2) is 18.1 Å². The van der Waals surface area contributed by atoms with Gasteiger partial charge in [0.1, 0.15) is 0 Å². The van der Waals surface area contributed by atoms with E-state index in [0.717, 1.165) is 18.9 Å². The van der Waals surface area contributed by atoms with Crippen molar-refractivity contribution >= 4 is 11.4 Å². The predicted molar refractivity (Wildman–Crippen MR) is 67.6 cm³/mol. The van der Waals surface area contributed by atoms with Gasteiger partial charge >= 0.3 is 5.69 Å². The summed E-state index contributed by atoms with van der Waals surface area (Å²) in [7, 11) is 1.32. The standard InChI is InChI=1S/C12H17FN2O3/c1-4-8(5-2)14-10-7-12(18-3)11(15(16)17)6-9(10)13/h6-8,14H,4-5H2,1-3H3. The first kappa shape index (κ1) is 14.2. The van der Waals surface area contributed by atoms with Crippen LogP contribution in [0.4, 0.5) is 15.8 Å². The molecule has 0 spiro atoms. The van der Waals surface area contributed by atoms with Gasteiger partial charge in [-0.15, -0.1) is 0 Å². The lowest BCUT2D eigenvalue weighted by Gasteiger charge is -2.17. The van der Waals surface area contributed by atoms with Crippen molar-refractivity contribution < 1.29 is 14.1 Å². The van der Waals surface area contributed by atoms with E-state index in [-0.39, 0.29) is 23.2 Å². The van der Waals surface area contributed by atoms with Gasteiger partial charge in [-0.3, -0.25) is 10.1 Å². The van der Waals surface area contributed by atoms with Crippen molar-refractivity contribution in [2.75, 3.05) is 12.4 Å². The minimum atomic E-state index is -0.664. The molecule has 0 aliphatic heterocycles. The van der Waals surface area contributed by atoms with Crippen LogP contribution in [-0.2, 0) is 0 Å². The number of hydrogen-bond donors (Lipinski definition) is 1. The van der Waals surface area contributed by atoms with Gasteiger partial charge in [-0.05, 0) is 12.8 Å². The summed E-state index contributed by atoms with van der Waals surface area (Å²) in [5.74, 6) is -0.593. The van der Waals surface area contributed by atoms with Crippen LogP contribution in [0.15, 0.2) is 12.1 Å². The lowest BCUT2D eigenvalue weighted by atomic mass is 10.1. The molecule has 1 rings (SSSR count). The van der Waals surface area contributed by atoms with Crippen LogP contribution in [0.5, 0.6) is 5.75 Å². The van der Waals surface area contributed by atoms with E-state index in [1.165, 1.54) is 13.2 Å². The zero-order chi connectivity index (χ0) is 13.7. The fourth-order valence-electron chi connectivity index (χ4n) is 1.67. The number of halogens is 1. The number of hydrogen-bond acceptors (Lipinski definition) is 4. The maximum absolute atomic E-state index is 13.7. The molecule has 18 heavy (non-hydrogen) atoms. The number of nitrogens with one attached hydrogen (secondary N) is 1. The summed E-state index contributed by atoms with van der Waals surface area (Å²) < 4.78 is 18.6. The number of nitro groups is 1. The highest BCUT2D eigenvalue weighted by atomic mass is 19.1. The summed E-state index contributed by atoms with van der Waals surface area (Å²) in [4.78, 5) is 10.1. The van der Waals surface area contributed by atoms with Crippen molar-refractivity contribution in [1.29, 1.82) is 0 Å². The van der Waals surface area contributed by atoms with Crippen LogP contribution in [0.25, 0.3) is 0 Å². The minimum absolute atomic E-state index is 0.0508. The van der Waals surface area contributed by atoms with Crippen LogP contribution >= 0.6 is 0 Å². The van der Waals surface area contributed by atoms with Crippen LogP contribution < -0.4 is 10.1 Å². The molecule has 0 amide bonds. The lowest BCUT2D eigenvalue weighted by Crippen LogP contribution is -2.18. The minimum Gasteiger partial charge on any atom is -0.490 e. The molecule has 0 atom stereocenters. The highest BCUT2D eigenvalue weighted by molar-refractivity contribution is 5.59. The molecule has 0 saturated carbocycles. The fourth-order valence-corrected chi connectivity index (χ4v) is 1.67. The zero-order valence-electron chi connectivity index (χ0n) is 10.7. The molecule has 0 radical (unpaired) electrons. The first-order valence-corrected chi connectivity index (χ1v) is 5.81. The summed E-state index contributed by atoms with van der Waals surface area (Å²) in [6, 6.07) is 2.33. The molecule has 0 bridgehead atoms. The Hall–Kier alpha value is -1.85. The number of rotatable bonds is 6. The summed E-state index contributed by atoms with van der Waals surface area (Å²) in [6.07, 6.45) is 1.69. The second-order valence-corrected chi connectivity index (χ2v) is 3.92. The van der Waals surface area contributed by atoms with Crippen LogP contribution in [0.2, 0.25) is 0 Å². The predicted octanol–water partition coefficient (Wildman–Crippen LogP) is 3.34. The first-order chi connectivity index (χ1) is 8.53. The maximum Gasteiger partial charge on any atom is 0.313 e. The summed E-state index contributed by atoms with van der Waals surface area (Å²) in [5.41, 5.74) is -0.142. The Morgan fingerprint density at radius 1 is 1.44 bits per heavy atom. The maximum atomic E-state index is 13.7. The Labute approximate surface area is 105 Å². The van der Waals surface area contributed by atoms with Gasteiger partial charge < -0.3 is 10.1 Å². The van der Waals surface area contributed by atoms with Crippen molar-refractivity contribution in [3.8, 4) is 5.75 Å². The van der Waals surface area contributed by atoms with E-state index in [4.69, 9.17) is 4.74 Å². The van der Waals surface area contributed by atoms with E-state index in [1.54, 1.807) is 0 Å². The van der Waals surface area contributed by atoms with Gasteiger partial charge in [-0.2, -0.15) is 0 Å². The topological polar surface area (TPSA) is 64.4 Å². The Kier molecular flexibility index (Phi) is 4.88. The highest BCUT2D eigenvalue weighted by Gasteiger charge is 2.20. The van der Waals surface area contributed by atoms with Crippen LogP contribution in [0, 0.1) is 15.9 Å². The Morgan fingerprint density at radius 3 is 2.50 bits per heavy atom. The third-order valence-corrected chi connectivity index (χ3v) is 2.81. The molecule has 1 N–H and O–H groups in total. The van der Waals surface area contributed by atoms with Gasteiger partial charge in [0.05, 0.1) is 23.8 Å². The molecule has 6 heteroatoms. The van der Waals surface area contributed by atoms with Gasteiger partial charge in [0.2, 0.25) is 0 Å². The van der Waals surface area contributed by atoms with E-state index >= 15 is 0 Å². The van der Waals surface area contributed by atoms with Crippen molar-refractivity contribution in [2.24, 2.45) is 0 Å². The number of methoxy groups -OCH3 is 1. The monoisotopic (exact) mass is 256 g/mol. The van der Waals surface area contributed by atoms with Crippen LogP contribution in [0.1, 0.15) is 26.7 Å². The molecular weight excluding hydrogens is 239 g/mol. The second-order valence-electron chi connectivity index (χ2n) is 3.92. The van der Waals surface area contributed by atoms with Gasteiger partial charge in [0.25, 0.3) is 0 Å². The van der Waals surface area contributed by atoms with Gasteiger partial charge in [-0.25, -0.2) is 4.39 Å². The number of anilines is 1. The molecule has 0 saturated heterocycles. The van der Waals surface area contributed by atoms with Crippen molar-refractivity contribution in [2.45, 2.75) is 32.7 Å². The van der Waals surface area contributed by atoms with E-state index in [1.807, 2.05) is 13.8 Å². The molecule has 1 aromatic rings. The molecule has 1 aromatic carbocycles. The van der Waals surface area contributed by atoms with Gasteiger partial charge in [0, 0.05) is 12.1 Å². The van der Waals surface area contributed by atoms with Crippen molar-refractivity contribution in [3.63, 3.8) is 0 Å². The quantitative estimate of drug-likeness (QED) is 0.626. The van der Waals surface area contributed by atoms with Gasteiger partial charge in [-0.1, -0.05) is 13.8 Å². The third-order valence-electron chi connectivity index (χ3n) is 2.81.